The Morgan fingerprint density at radius 3 is 2.58 bits per heavy atom. The zero-order chi connectivity index (χ0) is 14.1. The molecule has 1 aromatic carbocycles. The fourth-order valence-corrected chi connectivity index (χ4v) is 2.59. The molecule has 4 heteroatoms. The van der Waals surface area contributed by atoms with Gasteiger partial charge in [-0.15, -0.1) is 0 Å². The van der Waals surface area contributed by atoms with Gasteiger partial charge >= 0.3 is 6.16 Å². The van der Waals surface area contributed by atoms with Crippen LogP contribution >= 0.6 is 22.6 Å². The number of carbonyl (C=O) groups is 1. The molecule has 0 heterocycles. The highest BCUT2D eigenvalue weighted by atomic mass is 127. The summed E-state index contributed by atoms with van der Waals surface area (Å²) < 4.78 is 5.92. The number of carboxylic acid groups (broad SMARTS) is 1. The van der Waals surface area contributed by atoms with Crippen LogP contribution in [0.5, 0.6) is 5.75 Å². The summed E-state index contributed by atoms with van der Waals surface area (Å²) in [7, 11) is 0. The van der Waals surface area contributed by atoms with Crippen LogP contribution in [0, 0.1) is 3.57 Å². The van der Waals surface area contributed by atoms with E-state index < -0.39 is 6.16 Å². The third kappa shape index (κ3) is 6.80. The highest BCUT2D eigenvalue weighted by molar-refractivity contribution is 14.1. The second-order valence-electron chi connectivity index (χ2n) is 4.64. The topological polar surface area (TPSA) is 46.5 Å². The van der Waals surface area contributed by atoms with E-state index in [9.17, 15) is 4.79 Å². The van der Waals surface area contributed by atoms with Crippen LogP contribution in [-0.4, -0.2) is 11.3 Å². The largest absolute Gasteiger partial charge is 0.511 e. The fraction of sp³-hybridized carbons (Fsp3) is 0.533. The van der Waals surface area contributed by atoms with Crippen molar-refractivity contribution in [3.63, 3.8) is 0 Å². The first-order valence-electron chi connectivity index (χ1n) is 6.82. The van der Waals surface area contributed by atoms with Crippen molar-refractivity contribution < 1.29 is 14.6 Å². The maximum atomic E-state index is 10.6. The lowest BCUT2D eigenvalue weighted by atomic mass is 10.0. The number of hydrogen-bond acceptors (Lipinski definition) is 2. The third-order valence-electron chi connectivity index (χ3n) is 3.02. The van der Waals surface area contributed by atoms with E-state index in [2.05, 4.69) is 29.5 Å². The lowest BCUT2D eigenvalue weighted by molar-refractivity contribution is 0.144. The Balaban J connectivity index is 2.46. The molecule has 0 aliphatic carbocycles. The summed E-state index contributed by atoms with van der Waals surface area (Å²) in [5.74, 6) is 0.474. The van der Waals surface area contributed by atoms with Crippen molar-refractivity contribution in [3.8, 4) is 5.75 Å². The normalized spacial score (nSPS) is 10.4. The van der Waals surface area contributed by atoms with Gasteiger partial charge in [0.25, 0.3) is 0 Å². The molecule has 0 radical (unpaired) electrons. The quantitative estimate of drug-likeness (QED) is 0.292. The molecule has 19 heavy (non-hydrogen) atoms. The molecule has 106 valence electrons. The molecule has 0 aromatic heterocycles. The minimum atomic E-state index is -1.24. The maximum absolute atomic E-state index is 10.6. The van der Waals surface area contributed by atoms with Gasteiger partial charge in [0.05, 0.1) is 0 Å². The summed E-state index contributed by atoms with van der Waals surface area (Å²) in [5, 5.41) is 8.71. The lowest BCUT2D eigenvalue weighted by Crippen LogP contribution is -2.05. The number of hydrogen-bond donors (Lipinski definition) is 1. The zero-order valence-electron chi connectivity index (χ0n) is 11.3. The number of halogens is 1. The van der Waals surface area contributed by atoms with Gasteiger partial charge in [0.1, 0.15) is 5.75 Å². The molecule has 3 nitrogen and oxygen atoms in total. The van der Waals surface area contributed by atoms with Gasteiger partial charge in [0, 0.05) is 3.57 Å². The molecule has 0 saturated heterocycles. The van der Waals surface area contributed by atoms with Gasteiger partial charge in [-0.2, -0.15) is 0 Å². The van der Waals surface area contributed by atoms with E-state index in [-0.39, 0.29) is 0 Å². The second-order valence-corrected chi connectivity index (χ2v) is 5.88. The van der Waals surface area contributed by atoms with Gasteiger partial charge in [-0.05, 0) is 59.2 Å². The Kier molecular flexibility index (Phi) is 7.86. The minimum Gasteiger partial charge on any atom is -0.449 e. The summed E-state index contributed by atoms with van der Waals surface area (Å²) in [6.07, 6.45) is 7.02. The van der Waals surface area contributed by atoms with Crippen LogP contribution in [0.1, 0.15) is 51.0 Å². The Bertz CT molecular complexity index is 404. The molecule has 0 saturated carbocycles. The first kappa shape index (κ1) is 16.3. The highest BCUT2D eigenvalue weighted by Gasteiger charge is 2.08. The summed E-state index contributed by atoms with van der Waals surface area (Å²) in [4.78, 5) is 10.6. The van der Waals surface area contributed by atoms with Crippen molar-refractivity contribution in [1.82, 2.24) is 0 Å². The van der Waals surface area contributed by atoms with Gasteiger partial charge < -0.3 is 9.84 Å². The van der Waals surface area contributed by atoms with Crippen LogP contribution in [0.3, 0.4) is 0 Å². The monoisotopic (exact) mass is 376 g/mol. The SMILES string of the molecule is CCCCCCCCc1cc(I)ccc1OC(=O)O. The standard InChI is InChI=1S/C15H21IO3/c1-2-3-4-5-6-7-8-12-11-13(16)9-10-14(12)19-15(17)18/h9-11H,2-8H2,1H3,(H,17,18). The minimum absolute atomic E-state index is 0.474. The van der Waals surface area contributed by atoms with Gasteiger partial charge in [0.2, 0.25) is 0 Å². The first-order chi connectivity index (χ1) is 9.13. The fourth-order valence-electron chi connectivity index (χ4n) is 2.03. The molecular weight excluding hydrogens is 355 g/mol. The highest BCUT2D eigenvalue weighted by Crippen LogP contribution is 2.23. The van der Waals surface area contributed by atoms with Crippen molar-refractivity contribution in [2.45, 2.75) is 51.9 Å². The Morgan fingerprint density at radius 1 is 1.21 bits per heavy atom. The van der Waals surface area contributed by atoms with Crippen LogP contribution in [0.15, 0.2) is 18.2 Å². The van der Waals surface area contributed by atoms with Crippen molar-refractivity contribution in [3.05, 3.63) is 27.3 Å². The molecule has 0 unspecified atom stereocenters. The van der Waals surface area contributed by atoms with Crippen molar-refractivity contribution in [1.29, 1.82) is 0 Å². The van der Waals surface area contributed by atoms with Crippen LogP contribution in [-0.2, 0) is 6.42 Å². The zero-order valence-corrected chi connectivity index (χ0v) is 13.5. The summed E-state index contributed by atoms with van der Waals surface area (Å²) >= 11 is 2.23. The summed E-state index contributed by atoms with van der Waals surface area (Å²) in [6, 6.07) is 5.61. The van der Waals surface area contributed by atoms with Crippen LogP contribution in [0.2, 0.25) is 0 Å². The lowest BCUT2D eigenvalue weighted by Gasteiger charge is -2.08. The van der Waals surface area contributed by atoms with Gasteiger partial charge in [-0.1, -0.05) is 39.0 Å². The predicted molar refractivity (Wildman–Crippen MR) is 84.9 cm³/mol. The van der Waals surface area contributed by atoms with Crippen molar-refractivity contribution in [2.75, 3.05) is 0 Å². The number of rotatable bonds is 8. The number of aryl methyl sites for hydroxylation is 1. The molecule has 0 bridgehead atoms. The number of ether oxygens (including phenoxy) is 1. The van der Waals surface area contributed by atoms with Crippen molar-refractivity contribution >= 4 is 28.7 Å². The Labute approximate surface area is 128 Å². The van der Waals surface area contributed by atoms with E-state index >= 15 is 0 Å². The predicted octanol–water partition coefficient (Wildman–Crippen LogP) is 5.25. The number of benzene rings is 1. The van der Waals surface area contributed by atoms with Gasteiger partial charge in [-0.25, -0.2) is 4.79 Å². The average Bonchev–Trinajstić information content (AvgIpc) is 2.36. The van der Waals surface area contributed by atoms with E-state index in [0.717, 1.165) is 22.0 Å². The first-order valence-corrected chi connectivity index (χ1v) is 7.90. The van der Waals surface area contributed by atoms with Crippen LogP contribution in [0.25, 0.3) is 0 Å². The molecule has 0 aliphatic heterocycles. The summed E-state index contributed by atoms with van der Waals surface area (Å²) in [6.45, 7) is 2.21. The third-order valence-corrected chi connectivity index (χ3v) is 3.69. The second kappa shape index (κ2) is 9.18. The van der Waals surface area contributed by atoms with Gasteiger partial charge in [-0.3, -0.25) is 0 Å². The summed E-state index contributed by atoms with van der Waals surface area (Å²) in [5.41, 5.74) is 0.991. The molecule has 0 spiro atoms. The molecule has 0 aliphatic rings. The molecule has 0 atom stereocenters. The Hall–Kier alpha value is -0.780. The van der Waals surface area contributed by atoms with E-state index in [0.29, 0.717) is 5.75 Å². The van der Waals surface area contributed by atoms with Crippen LogP contribution in [0.4, 0.5) is 4.79 Å². The number of unbranched alkanes of at least 4 members (excludes halogenated alkanes) is 5. The van der Waals surface area contributed by atoms with E-state index in [1.165, 1.54) is 32.1 Å². The van der Waals surface area contributed by atoms with Crippen LogP contribution < -0.4 is 4.74 Å². The molecule has 0 amide bonds. The van der Waals surface area contributed by atoms with E-state index in [1.807, 2.05) is 12.1 Å². The van der Waals surface area contributed by atoms with E-state index in [1.54, 1.807) is 6.07 Å². The van der Waals surface area contributed by atoms with Crippen molar-refractivity contribution in [2.24, 2.45) is 0 Å². The smallest absolute Gasteiger partial charge is 0.449 e. The average molecular weight is 376 g/mol. The molecule has 1 N–H and O–H groups in total. The molecule has 1 aromatic rings. The molecule has 0 fully saturated rings. The Morgan fingerprint density at radius 2 is 1.89 bits per heavy atom. The molecular formula is C15H21IO3. The van der Waals surface area contributed by atoms with E-state index in [4.69, 9.17) is 9.84 Å². The van der Waals surface area contributed by atoms with Gasteiger partial charge in [0.15, 0.2) is 0 Å². The molecule has 1 rings (SSSR count). The maximum Gasteiger partial charge on any atom is 0.511 e.